The van der Waals surface area contributed by atoms with Crippen molar-refractivity contribution in [1.29, 1.82) is 0 Å². The molecule has 0 N–H and O–H groups in total. The van der Waals surface area contributed by atoms with Crippen LogP contribution in [0, 0.1) is 12.3 Å². The highest BCUT2D eigenvalue weighted by molar-refractivity contribution is 7.99. The number of para-hydroxylation sites is 2. The van der Waals surface area contributed by atoms with E-state index < -0.39 is 0 Å². The lowest BCUT2D eigenvalue weighted by molar-refractivity contribution is 0.660. The van der Waals surface area contributed by atoms with E-state index in [4.69, 9.17) is 10.8 Å². The minimum atomic E-state index is 0.663. The molecule has 0 unspecified atom stereocenters. The van der Waals surface area contributed by atoms with Crippen LogP contribution in [0.15, 0.2) is 51.8 Å². The first-order valence-corrected chi connectivity index (χ1v) is 6.35. The largest absolute Gasteiger partial charge is 0.455 e. The van der Waals surface area contributed by atoms with Gasteiger partial charge in [-0.25, -0.2) is 0 Å². The molecule has 0 atom stereocenters. The Morgan fingerprint density at radius 1 is 1.06 bits per heavy atom. The van der Waals surface area contributed by atoms with Gasteiger partial charge in [0.25, 0.3) is 0 Å². The first kappa shape index (κ1) is 10.3. The van der Waals surface area contributed by atoms with Crippen LogP contribution < -0.4 is 0 Å². The molecule has 0 amide bonds. The van der Waals surface area contributed by atoms with Gasteiger partial charge in [-0.1, -0.05) is 36.3 Å². The Hall–Kier alpha value is -1.85. The lowest BCUT2D eigenvalue weighted by atomic mass is 10.1. The molecule has 0 saturated heterocycles. The predicted molar refractivity (Wildman–Crippen MR) is 73.3 cm³/mol. The number of hydrogen-bond donors (Lipinski definition) is 0. The average Bonchev–Trinajstić information content (AvgIpc) is 2.75. The smallest absolute Gasteiger partial charge is 0.148 e. The summed E-state index contributed by atoms with van der Waals surface area (Å²) in [4.78, 5) is 1.11. The first-order valence-electron chi connectivity index (χ1n) is 5.36. The fourth-order valence-corrected chi connectivity index (χ4v) is 2.65. The number of hydrogen-bond acceptors (Lipinski definition) is 2. The quantitative estimate of drug-likeness (QED) is 0.487. The third-order valence-electron chi connectivity index (χ3n) is 2.68. The molecule has 3 rings (SSSR count). The molecule has 0 bridgehead atoms. The minimum Gasteiger partial charge on any atom is -0.455 e. The summed E-state index contributed by atoms with van der Waals surface area (Å²) < 4.78 is 5.89. The SMILES string of the molecule is C#CCSc1cccc2c1oc1ccccc12. The van der Waals surface area contributed by atoms with Gasteiger partial charge < -0.3 is 4.42 Å². The third kappa shape index (κ3) is 1.69. The summed E-state index contributed by atoms with van der Waals surface area (Å²) in [6, 6.07) is 14.3. The number of rotatable bonds is 2. The number of terminal acetylenes is 1. The Morgan fingerprint density at radius 2 is 1.88 bits per heavy atom. The van der Waals surface area contributed by atoms with Crippen molar-refractivity contribution in [1.82, 2.24) is 0 Å². The molecule has 17 heavy (non-hydrogen) atoms. The summed E-state index contributed by atoms with van der Waals surface area (Å²) in [6.45, 7) is 0. The second kappa shape index (κ2) is 4.20. The molecule has 0 radical (unpaired) electrons. The Bertz CT molecular complexity index is 718. The maximum atomic E-state index is 5.89. The van der Waals surface area contributed by atoms with Gasteiger partial charge in [0.05, 0.1) is 10.6 Å². The van der Waals surface area contributed by atoms with Crippen LogP contribution in [0.25, 0.3) is 21.9 Å². The van der Waals surface area contributed by atoms with E-state index >= 15 is 0 Å². The molecule has 0 aliphatic carbocycles. The molecular formula is C15H10OS. The van der Waals surface area contributed by atoms with Gasteiger partial charge in [0.1, 0.15) is 11.2 Å². The van der Waals surface area contributed by atoms with Gasteiger partial charge in [-0.2, -0.15) is 0 Å². The van der Waals surface area contributed by atoms with E-state index in [0.717, 1.165) is 26.8 Å². The normalized spacial score (nSPS) is 10.8. The molecule has 0 fully saturated rings. The van der Waals surface area contributed by atoms with Gasteiger partial charge in [-0.05, 0) is 12.1 Å². The molecule has 1 heterocycles. The summed E-state index contributed by atoms with van der Waals surface area (Å²) in [7, 11) is 0. The highest BCUT2D eigenvalue weighted by Gasteiger charge is 2.09. The number of furan rings is 1. The van der Waals surface area contributed by atoms with Crippen molar-refractivity contribution in [2.24, 2.45) is 0 Å². The summed E-state index contributed by atoms with van der Waals surface area (Å²) >= 11 is 1.64. The van der Waals surface area contributed by atoms with E-state index in [0.29, 0.717) is 5.75 Å². The van der Waals surface area contributed by atoms with E-state index in [-0.39, 0.29) is 0 Å². The topological polar surface area (TPSA) is 13.1 Å². The average molecular weight is 238 g/mol. The van der Waals surface area contributed by atoms with Gasteiger partial charge in [-0.3, -0.25) is 0 Å². The van der Waals surface area contributed by atoms with E-state index in [1.807, 2.05) is 30.3 Å². The standard InChI is InChI=1S/C15H10OS/c1-2-10-17-14-9-5-7-12-11-6-3-4-8-13(11)16-15(12)14/h1,3-9H,10H2. The molecule has 0 aliphatic rings. The molecule has 1 nitrogen and oxygen atoms in total. The van der Waals surface area contributed by atoms with Gasteiger partial charge >= 0.3 is 0 Å². The summed E-state index contributed by atoms with van der Waals surface area (Å²) in [5.41, 5.74) is 1.87. The number of thioether (sulfide) groups is 1. The van der Waals surface area contributed by atoms with E-state index in [1.54, 1.807) is 11.8 Å². The van der Waals surface area contributed by atoms with Gasteiger partial charge in [-0.15, -0.1) is 18.2 Å². The van der Waals surface area contributed by atoms with Crippen molar-refractivity contribution in [3.8, 4) is 12.3 Å². The maximum absolute atomic E-state index is 5.89. The summed E-state index contributed by atoms with van der Waals surface area (Å²) in [6.07, 6.45) is 5.29. The summed E-state index contributed by atoms with van der Waals surface area (Å²) in [5, 5.41) is 2.31. The van der Waals surface area contributed by atoms with Gasteiger partial charge in [0.15, 0.2) is 0 Å². The van der Waals surface area contributed by atoms with Crippen molar-refractivity contribution < 1.29 is 4.42 Å². The van der Waals surface area contributed by atoms with Crippen molar-refractivity contribution >= 4 is 33.7 Å². The first-order chi connectivity index (χ1) is 8.40. The number of fused-ring (bicyclic) bond motifs is 3. The second-order valence-corrected chi connectivity index (χ2v) is 4.74. The molecule has 82 valence electrons. The third-order valence-corrected chi connectivity index (χ3v) is 3.62. The Labute approximate surface area is 104 Å². The summed E-state index contributed by atoms with van der Waals surface area (Å²) in [5.74, 6) is 3.30. The van der Waals surface area contributed by atoms with Crippen LogP contribution in [0.4, 0.5) is 0 Å². The fourth-order valence-electron chi connectivity index (χ4n) is 1.95. The molecule has 1 aromatic heterocycles. The number of benzene rings is 2. The van der Waals surface area contributed by atoms with Gasteiger partial charge in [0, 0.05) is 10.8 Å². The molecule has 2 aromatic carbocycles. The van der Waals surface area contributed by atoms with Crippen LogP contribution in [0.2, 0.25) is 0 Å². The Kier molecular flexibility index (Phi) is 2.55. The molecule has 0 spiro atoms. The lowest BCUT2D eigenvalue weighted by Crippen LogP contribution is -1.75. The van der Waals surface area contributed by atoms with Crippen molar-refractivity contribution in [2.75, 3.05) is 5.75 Å². The molecule has 3 aromatic rings. The van der Waals surface area contributed by atoms with Crippen LogP contribution in [0.5, 0.6) is 0 Å². The van der Waals surface area contributed by atoms with Gasteiger partial charge in [0.2, 0.25) is 0 Å². The highest BCUT2D eigenvalue weighted by atomic mass is 32.2. The van der Waals surface area contributed by atoms with Crippen molar-refractivity contribution in [3.05, 3.63) is 42.5 Å². The highest BCUT2D eigenvalue weighted by Crippen LogP contribution is 2.34. The van der Waals surface area contributed by atoms with Crippen LogP contribution in [-0.4, -0.2) is 5.75 Å². The van der Waals surface area contributed by atoms with Crippen LogP contribution in [-0.2, 0) is 0 Å². The van der Waals surface area contributed by atoms with Crippen molar-refractivity contribution in [2.45, 2.75) is 4.90 Å². The zero-order valence-corrected chi connectivity index (χ0v) is 9.96. The van der Waals surface area contributed by atoms with Crippen LogP contribution >= 0.6 is 11.8 Å². The Balaban J connectivity index is 2.28. The van der Waals surface area contributed by atoms with E-state index in [9.17, 15) is 0 Å². The fraction of sp³-hybridized carbons (Fsp3) is 0.0667. The predicted octanol–water partition coefficient (Wildman–Crippen LogP) is 4.31. The zero-order chi connectivity index (χ0) is 11.7. The lowest BCUT2D eigenvalue weighted by Gasteiger charge is -1.97. The molecule has 2 heteroatoms. The molecule has 0 aliphatic heterocycles. The second-order valence-electron chi connectivity index (χ2n) is 3.72. The van der Waals surface area contributed by atoms with E-state index in [1.165, 1.54) is 0 Å². The van der Waals surface area contributed by atoms with E-state index in [2.05, 4.69) is 18.1 Å². The van der Waals surface area contributed by atoms with Crippen LogP contribution in [0.3, 0.4) is 0 Å². The Morgan fingerprint density at radius 3 is 2.76 bits per heavy atom. The van der Waals surface area contributed by atoms with Crippen LogP contribution in [0.1, 0.15) is 0 Å². The molecular weight excluding hydrogens is 228 g/mol. The minimum absolute atomic E-state index is 0.663. The maximum Gasteiger partial charge on any atom is 0.148 e. The molecule has 0 saturated carbocycles. The van der Waals surface area contributed by atoms with Crippen molar-refractivity contribution in [3.63, 3.8) is 0 Å². The zero-order valence-electron chi connectivity index (χ0n) is 9.14. The monoisotopic (exact) mass is 238 g/mol.